The molecule has 6 heteroatoms. The fourth-order valence-corrected chi connectivity index (χ4v) is 3.26. The first-order valence-electron chi connectivity index (χ1n) is 8.53. The van der Waals surface area contributed by atoms with Crippen LogP contribution < -0.4 is 5.32 Å². The lowest BCUT2D eigenvalue weighted by atomic mass is 10.1. The fraction of sp³-hybridized carbons (Fsp3) is 0.190. The molecule has 0 aliphatic heterocycles. The van der Waals surface area contributed by atoms with Gasteiger partial charge >= 0.3 is 5.97 Å². The summed E-state index contributed by atoms with van der Waals surface area (Å²) in [5.41, 5.74) is 4.42. The van der Waals surface area contributed by atoms with E-state index in [0.29, 0.717) is 11.3 Å². The van der Waals surface area contributed by atoms with Gasteiger partial charge in [-0.15, -0.1) is 11.3 Å². The molecule has 0 saturated heterocycles. The zero-order valence-electron chi connectivity index (χ0n) is 15.2. The second kappa shape index (κ2) is 8.60. The van der Waals surface area contributed by atoms with Crippen molar-refractivity contribution in [2.45, 2.75) is 20.5 Å². The van der Waals surface area contributed by atoms with E-state index in [1.807, 2.05) is 49.6 Å². The molecule has 0 aliphatic carbocycles. The summed E-state index contributed by atoms with van der Waals surface area (Å²) in [4.78, 5) is 28.4. The number of nitrogens with one attached hydrogen (secondary N) is 1. The molecule has 0 spiro atoms. The van der Waals surface area contributed by atoms with Crippen molar-refractivity contribution in [3.63, 3.8) is 0 Å². The van der Waals surface area contributed by atoms with E-state index in [1.54, 1.807) is 18.2 Å². The molecule has 138 valence electrons. The van der Waals surface area contributed by atoms with Crippen LogP contribution in [0.2, 0.25) is 0 Å². The van der Waals surface area contributed by atoms with Crippen LogP contribution in [0.25, 0.3) is 10.6 Å². The highest BCUT2D eigenvalue weighted by Crippen LogP contribution is 2.24. The third-order valence-corrected chi connectivity index (χ3v) is 4.85. The van der Waals surface area contributed by atoms with Crippen molar-refractivity contribution in [3.8, 4) is 10.6 Å². The number of aryl methyl sites for hydroxylation is 2. The Morgan fingerprint density at radius 2 is 1.85 bits per heavy atom. The summed E-state index contributed by atoms with van der Waals surface area (Å²) < 4.78 is 5.20. The van der Waals surface area contributed by atoms with Gasteiger partial charge in [-0.1, -0.05) is 47.5 Å². The van der Waals surface area contributed by atoms with E-state index in [-0.39, 0.29) is 19.1 Å². The molecule has 0 atom stereocenters. The number of rotatable bonds is 6. The maximum absolute atomic E-state index is 12.0. The lowest BCUT2D eigenvalue weighted by Crippen LogP contribution is -2.30. The van der Waals surface area contributed by atoms with Crippen molar-refractivity contribution >= 4 is 23.2 Å². The van der Waals surface area contributed by atoms with Gasteiger partial charge in [-0.2, -0.15) is 0 Å². The van der Waals surface area contributed by atoms with Crippen molar-refractivity contribution in [3.05, 3.63) is 76.3 Å². The maximum atomic E-state index is 12.0. The lowest BCUT2D eigenvalue weighted by Gasteiger charge is -2.06. The molecule has 0 saturated carbocycles. The molecule has 3 aromatic rings. The molecule has 1 amide bonds. The molecule has 0 fully saturated rings. The van der Waals surface area contributed by atoms with Gasteiger partial charge < -0.3 is 10.1 Å². The third kappa shape index (κ3) is 5.24. The average Bonchev–Trinajstić information content (AvgIpc) is 3.14. The van der Waals surface area contributed by atoms with Crippen LogP contribution in [0.3, 0.4) is 0 Å². The van der Waals surface area contributed by atoms with E-state index in [0.717, 1.165) is 16.1 Å². The van der Waals surface area contributed by atoms with Crippen LogP contribution in [0.4, 0.5) is 0 Å². The molecule has 0 aliphatic rings. The van der Waals surface area contributed by atoms with Crippen molar-refractivity contribution in [1.29, 1.82) is 0 Å². The number of nitrogens with zero attached hydrogens (tertiary/aromatic N) is 1. The molecule has 0 radical (unpaired) electrons. The summed E-state index contributed by atoms with van der Waals surface area (Å²) in [6.07, 6.45) is 0. The molecule has 2 aromatic carbocycles. The highest BCUT2D eigenvalue weighted by Gasteiger charge is 2.11. The average molecular weight is 380 g/mol. The van der Waals surface area contributed by atoms with Crippen LogP contribution in [0.15, 0.2) is 53.9 Å². The van der Waals surface area contributed by atoms with Crippen LogP contribution in [-0.2, 0) is 16.1 Å². The van der Waals surface area contributed by atoms with Crippen LogP contribution in [0, 0.1) is 13.8 Å². The summed E-state index contributed by atoms with van der Waals surface area (Å²) in [7, 11) is 0. The number of hydrogen-bond donors (Lipinski definition) is 1. The minimum Gasteiger partial charge on any atom is -0.458 e. The number of hydrogen-bond acceptors (Lipinski definition) is 5. The van der Waals surface area contributed by atoms with E-state index in [2.05, 4.69) is 10.3 Å². The number of carbonyl (C=O) groups is 2. The zero-order chi connectivity index (χ0) is 19.2. The minimum atomic E-state index is -0.499. The Bertz CT molecular complexity index is 948. The number of esters is 1. The third-order valence-electron chi connectivity index (χ3n) is 3.90. The summed E-state index contributed by atoms with van der Waals surface area (Å²) in [5.74, 6) is -0.799. The summed E-state index contributed by atoms with van der Waals surface area (Å²) in [6, 6.07) is 15.3. The van der Waals surface area contributed by atoms with E-state index in [9.17, 15) is 9.59 Å². The lowest BCUT2D eigenvalue weighted by molar-refractivity contribution is -0.143. The first-order valence-corrected chi connectivity index (χ1v) is 9.41. The SMILES string of the molecule is Cc1ccc(-c2nc(COC(=O)CNC(=O)c3cccc(C)c3)cs2)cc1. The van der Waals surface area contributed by atoms with E-state index in [1.165, 1.54) is 16.9 Å². The van der Waals surface area contributed by atoms with Crippen molar-refractivity contribution in [2.75, 3.05) is 6.54 Å². The number of thiazole rings is 1. The first-order chi connectivity index (χ1) is 13.0. The summed E-state index contributed by atoms with van der Waals surface area (Å²) in [5, 5.41) is 5.32. The smallest absolute Gasteiger partial charge is 0.325 e. The highest BCUT2D eigenvalue weighted by atomic mass is 32.1. The van der Waals surface area contributed by atoms with Crippen LogP contribution >= 0.6 is 11.3 Å². The number of aromatic nitrogens is 1. The molecule has 0 bridgehead atoms. The molecule has 5 nitrogen and oxygen atoms in total. The van der Waals surface area contributed by atoms with Gasteiger partial charge in [0.05, 0.1) is 5.69 Å². The molecular weight excluding hydrogens is 360 g/mol. The van der Waals surface area contributed by atoms with Crippen LogP contribution in [0.5, 0.6) is 0 Å². The van der Waals surface area contributed by atoms with Crippen LogP contribution in [-0.4, -0.2) is 23.4 Å². The van der Waals surface area contributed by atoms with Crippen molar-refractivity contribution in [1.82, 2.24) is 10.3 Å². The highest BCUT2D eigenvalue weighted by molar-refractivity contribution is 7.13. The zero-order valence-corrected chi connectivity index (χ0v) is 16.0. The Morgan fingerprint density at radius 3 is 2.59 bits per heavy atom. The van der Waals surface area contributed by atoms with Gasteiger partial charge in [0, 0.05) is 16.5 Å². The van der Waals surface area contributed by atoms with Gasteiger partial charge in [0.1, 0.15) is 18.2 Å². The normalized spacial score (nSPS) is 10.4. The molecule has 27 heavy (non-hydrogen) atoms. The Labute approximate surface area is 162 Å². The standard InChI is InChI=1S/C21H20N2O3S/c1-14-6-8-16(9-7-14)21-23-18(13-27-21)12-26-19(24)11-22-20(25)17-5-3-4-15(2)10-17/h3-10,13H,11-12H2,1-2H3,(H,22,25). The molecular formula is C21H20N2O3S. The second-order valence-corrected chi connectivity index (χ2v) is 7.08. The second-order valence-electron chi connectivity index (χ2n) is 6.22. The number of carbonyl (C=O) groups excluding carboxylic acids is 2. The molecule has 1 heterocycles. The Kier molecular flexibility index (Phi) is 5.98. The van der Waals surface area contributed by atoms with E-state index in [4.69, 9.17) is 4.74 Å². The largest absolute Gasteiger partial charge is 0.458 e. The van der Waals surface area contributed by atoms with Gasteiger partial charge in [0.25, 0.3) is 5.91 Å². The minimum absolute atomic E-state index is 0.0848. The van der Waals surface area contributed by atoms with Crippen molar-refractivity contribution < 1.29 is 14.3 Å². The van der Waals surface area contributed by atoms with Gasteiger partial charge in [-0.25, -0.2) is 4.98 Å². The predicted octanol–water partition coefficient (Wildman–Crippen LogP) is 3.90. The summed E-state index contributed by atoms with van der Waals surface area (Å²) >= 11 is 1.50. The molecule has 1 N–H and O–H groups in total. The van der Waals surface area contributed by atoms with Crippen LogP contribution in [0.1, 0.15) is 27.2 Å². The molecule has 3 rings (SSSR count). The van der Waals surface area contributed by atoms with Gasteiger partial charge in [-0.3, -0.25) is 9.59 Å². The molecule has 0 unspecified atom stereocenters. The van der Waals surface area contributed by atoms with Gasteiger partial charge in [-0.05, 0) is 26.0 Å². The number of benzene rings is 2. The van der Waals surface area contributed by atoms with E-state index >= 15 is 0 Å². The molecule has 1 aromatic heterocycles. The quantitative estimate of drug-likeness (QED) is 0.659. The Hall–Kier alpha value is -2.99. The van der Waals surface area contributed by atoms with Gasteiger partial charge in [0.15, 0.2) is 0 Å². The number of ether oxygens (including phenoxy) is 1. The van der Waals surface area contributed by atoms with Crippen molar-refractivity contribution in [2.24, 2.45) is 0 Å². The fourth-order valence-electron chi connectivity index (χ4n) is 2.45. The maximum Gasteiger partial charge on any atom is 0.325 e. The van der Waals surface area contributed by atoms with Gasteiger partial charge in [0.2, 0.25) is 0 Å². The topological polar surface area (TPSA) is 68.3 Å². The number of amides is 1. The Balaban J connectivity index is 1.48. The summed E-state index contributed by atoms with van der Waals surface area (Å²) in [6.45, 7) is 3.85. The monoisotopic (exact) mass is 380 g/mol. The van der Waals surface area contributed by atoms with E-state index < -0.39 is 5.97 Å². The predicted molar refractivity (Wildman–Crippen MR) is 106 cm³/mol. The Morgan fingerprint density at radius 1 is 1.07 bits per heavy atom. The first kappa shape index (κ1) is 18.8.